The average molecular weight is 460 g/mol. The maximum Gasteiger partial charge on any atom is 0.270 e. The number of aryl methyl sites for hydroxylation is 1. The van der Waals surface area contributed by atoms with Crippen LogP contribution < -0.4 is 10.6 Å². The third-order valence-corrected chi connectivity index (χ3v) is 5.40. The second kappa shape index (κ2) is 9.46. The molecule has 1 aromatic carbocycles. The van der Waals surface area contributed by atoms with Gasteiger partial charge in [0, 0.05) is 37.3 Å². The number of nitrogens with zero attached hydrogens (tertiary/aromatic N) is 5. The van der Waals surface area contributed by atoms with E-state index in [1.807, 2.05) is 39.2 Å². The van der Waals surface area contributed by atoms with Crippen molar-refractivity contribution in [1.82, 2.24) is 34.9 Å². The Morgan fingerprint density at radius 2 is 1.74 bits per heavy atom. The van der Waals surface area contributed by atoms with E-state index in [1.54, 1.807) is 29.1 Å². The average Bonchev–Trinajstić information content (AvgIpc) is 3.41. The number of hydrogen-bond acceptors (Lipinski definition) is 5. The molecule has 0 saturated carbocycles. The van der Waals surface area contributed by atoms with Crippen LogP contribution in [0.25, 0.3) is 16.7 Å². The highest BCUT2D eigenvalue weighted by Gasteiger charge is 2.14. The molecule has 9 heteroatoms. The van der Waals surface area contributed by atoms with E-state index >= 15 is 0 Å². The number of carbonyl (C=O) groups excluding carboxylic acids is 2. The number of carbonyl (C=O) groups is 2. The summed E-state index contributed by atoms with van der Waals surface area (Å²) in [7, 11) is 2.02. The topological polar surface area (TPSA) is 107 Å². The fourth-order valence-electron chi connectivity index (χ4n) is 3.74. The highest BCUT2D eigenvalue weighted by Crippen LogP contribution is 2.23. The van der Waals surface area contributed by atoms with Gasteiger partial charge in [-0.2, -0.15) is 5.10 Å². The van der Waals surface area contributed by atoms with Gasteiger partial charge in [0.15, 0.2) is 0 Å². The van der Waals surface area contributed by atoms with E-state index < -0.39 is 0 Å². The van der Waals surface area contributed by atoms with Crippen molar-refractivity contribution < 1.29 is 9.59 Å². The lowest BCUT2D eigenvalue weighted by Crippen LogP contribution is -2.31. The summed E-state index contributed by atoms with van der Waals surface area (Å²) in [5, 5.41) is 10.1. The second-order valence-electron chi connectivity index (χ2n) is 8.87. The third-order valence-electron chi connectivity index (χ3n) is 5.40. The van der Waals surface area contributed by atoms with Crippen LogP contribution in [0.1, 0.15) is 66.0 Å². The summed E-state index contributed by atoms with van der Waals surface area (Å²) < 4.78 is 3.88. The van der Waals surface area contributed by atoms with Gasteiger partial charge in [0.25, 0.3) is 11.8 Å². The lowest BCUT2D eigenvalue weighted by atomic mass is 10.2. The number of imidazole rings is 1. The summed E-state index contributed by atoms with van der Waals surface area (Å²) in [6.07, 6.45) is 3.59. The molecule has 9 nitrogen and oxygen atoms in total. The minimum Gasteiger partial charge on any atom is -0.349 e. The van der Waals surface area contributed by atoms with Gasteiger partial charge in [-0.3, -0.25) is 9.59 Å². The van der Waals surface area contributed by atoms with Crippen LogP contribution in [0.4, 0.5) is 0 Å². The van der Waals surface area contributed by atoms with Crippen LogP contribution in [0, 0.1) is 0 Å². The molecule has 34 heavy (non-hydrogen) atoms. The Kier molecular flexibility index (Phi) is 6.45. The van der Waals surface area contributed by atoms with Crippen molar-refractivity contribution in [2.45, 2.75) is 46.2 Å². The monoisotopic (exact) mass is 459 g/mol. The molecule has 176 valence electrons. The fraction of sp³-hybridized carbons (Fsp3) is 0.320. The Morgan fingerprint density at radius 1 is 1.00 bits per heavy atom. The Balaban J connectivity index is 1.45. The number of hydrogen-bond donors (Lipinski definition) is 2. The minimum atomic E-state index is -0.357. The van der Waals surface area contributed by atoms with Crippen molar-refractivity contribution in [1.29, 1.82) is 0 Å². The molecule has 0 spiro atoms. The molecule has 2 amide bonds. The number of benzene rings is 1. The first-order valence-corrected chi connectivity index (χ1v) is 11.3. The van der Waals surface area contributed by atoms with Gasteiger partial charge in [0.2, 0.25) is 0 Å². The van der Waals surface area contributed by atoms with E-state index in [1.165, 1.54) is 0 Å². The SMILES string of the molecule is CC(C)NC(=O)c1cccc(C(=O)NCc2cnn(-c3ccc4nc(C(C)C)n(C)c4c3)c2)n1. The molecule has 0 fully saturated rings. The molecule has 0 aliphatic heterocycles. The summed E-state index contributed by atoms with van der Waals surface area (Å²) in [5.74, 6) is 0.706. The van der Waals surface area contributed by atoms with Crippen LogP contribution in [0.15, 0.2) is 48.8 Å². The number of fused-ring (bicyclic) bond motifs is 1. The van der Waals surface area contributed by atoms with Crippen molar-refractivity contribution >= 4 is 22.8 Å². The van der Waals surface area contributed by atoms with Gasteiger partial charge in [-0.1, -0.05) is 19.9 Å². The Bertz CT molecular complexity index is 1350. The van der Waals surface area contributed by atoms with Crippen LogP contribution in [0.2, 0.25) is 0 Å². The summed E-state index contributed by atoms with van der Waals surface area (Å²) in [6.45, 7) is 8.28. The highest BCUT2D eigenvalue weighted by molar-refractivity contribution is 5.96. The van der Waals surface area contributed by atoms with Crippen molar-refractivity contribution in [2.75, 3.05) is 0 Å². The van der Waals surface area contributed by atoms with E-state index in [0.29, 0.717) is 5.92 Å². The zero-order valence-corrected chi connectivity index (χ0v) is 20.0. The molecule has 3 heterocycles. The summed E-state index contributed by atoms with van der Waals surface area (Å²) in [4.78, 5) is 33.7. The first-order chi connectivity index (χ1) is 16.2. The predicted octanol–water partition coefficient (Wildman–Crippen LogP) is 3.35. The van der Waals surface area contributed by atoms with Crippen molar-refractivity contribution in [3.63, 3.8) is 0 Å². The third kappa shape index (κ3) is 4.83. The summed E-state index contributed by atoms with van der Waals surface area (Å²) in [6, 6.07) is 10.8. The van der Waals surface area contributed by atoms with Crippen molar-refractivity contribution in [2.24, 2.45) is 7.05 Å². The van der Waals surface area contributed by atoms with Gasteiger partial charge >= 0.3 is 0 Å². The maximum atomic E-state index is 12.6. The lowest BCUT2D eigenvalue weighted by Gasteiger charge is -2.09. The van der Waals surface area contributed by atoms with E-state index in [2.05, 4.69) is 45.2 Å². The molecule has 0 bridgehead atoms. The number of nitrogens with one attached hydrogen (secondary N) is 2. The molecule has 0 aliphatic rings. The zero-order valence-electron chi connectivity index (χ0n) is 20.0. The molecular formula is C25H29N7O2. The standard InChI is InChI=1S/C25H29N7O2/c1-15(2)23-30-19-10-9-18(11-22(19)31(23)5)32-14-17(13-27-32)12-26-24(33)20-7-6-8-21(29-20)25(34)28-16(3)4/h6-11,13-16H,12H2,1-5H3,(H,26,33)(H,28,34). The lowest BCUT2D eigenvalue weighted by molar-refractivity contribution is 0.0936. The molecule has 4 rings (SSSR count). The van der Waals surface area contributed by atoms with Gasteiger partial charge in [0.05, 0.1) is 22.9 Å². The number of aromatic nitrogens is 5. The largest absolute Gasteiger partial charge is 0.349 e. The normalized spacial score (nSPS) is 11.4. The number of rotatable bonds is 7. The quantitative estimate of drug-likeness (QED) is 0.441. The first-order valence-electron chi connectivity index (χ1n) is 11.3. The fourth-order valence-corrected chi connectivity index (χ4v) is 3.74. The van der Waals surface area contributed by atoms with E-state index in [-0.39, 0.29) is 35.8 Å². The van der Waals surface area contributed by atoms with Crippen LogP contribution in [-0.4, -0.2) is 42.2 Å². The zero-order chi connectivity index (χ0) is 24.4. The molecule has 3 aromatic heterocycles. The van der Waals surface area contributed by atoms with Gasteiger partial charge in [-0.15, -0.1) is 0 Å². The number of amides is 2. The molecule has 0 saturated heterocycles. The molecule has 0 radical (unpaired) electrons. The Labute approximate surface area is 198 Å². The highest BCUT2D eigenvalue weighted by atomic mass is 16.2. The summed E-state index contributed by atoms with van der Waals surface area (Å²) >= 11 is 0. The van der Waals surface area contributed by atoms with Gasteiger partial charge in [0.1, 0.15) is 17.2 Å². The molecule has 4 aromatic rings. The smallest absolute Gasteiger partial charge is 0.270 e. The number of pyridine rings is 1. The van der Waals surface area contributed by atoms with Crippen molar-refractivity contribution in [3.05, 3.63) is 71.6 Å². The molecule has 0 aliphatic carbocycles. The van der Waals surface area contributed by atoms with Crippen LogP contribution in [-0.2, 0) is 13.6 Å². The van der Waals surface area contributed by atoms with Crippen molar-refractivity contribution in [3.8, 4) is 5.69 Å². The minimum absolute atomic E-state index is 0.0147. The van der Waals surface area contributed by atoms with Crippen LogP contribution >= 0.6 is 0 Å². The molecule has 0 unspecified atom stereocenters. The Morgan fingerprint density at radius 3 is 2.44 bits per heavy atom. The molecular weight excluding hydrogens is 430 g/mol. The Hall–Kier alpha value is -4.01. The summed E-state index contributed by atoms with van der Waals surface area (Å²) in [5.41, 5.74) is 4.14. The second-order valence-corrected chi connectivity index (χ2v) is 8.87. The van der Waals surface area contributed by atoms with E-state index in [4.69, 9.17) is 4.98 Å². The van der Waals surface area contributed by atoms with Gasteiger partial charge in [-0.25, -0.2) is 14.6 Å². The predicted molar refractivity (Wildman–Crippen MR) is 130 cm³/mol. The maximum absolute atomic E-state index is 12.6. The van der Waals surface area contributed by atoms with Gasteiger partial charge in [-0.05, 0) is 44.2 Å². The van der Waals surface area contributed by atoms with Crippen LogP contribution in [0.5, 0.6) is 0 Å². The molecule has 2 N–H and O–H groups in total. The van der Waals surface area contributed by atoms with Crippen LogP contribution in [0.3, 0.4) is 0 Å². The first kappa shape index (κ1) is 23.2. The molecule has 0 atom stereocenters. The van der Waals surface area contributed by atoms with E-state index in [9.17, 15) is 9.59 Å². The van der Waals surface area contributed by atoms with E-state index in [0.717, 1.165) is 28.1 Å². The van der Waals surface area contributed by atoms with Gasteiger partial charge < -0.3 is 15.2 Å².